The summed E-state index contributed by atoms with van der Waals surface area (Å²) in [6.45, 7) is 0. The summed E-state index contributed by atoms with van der Waals surface area (Å²) in [5, 5.41) is 4.99. The molecule has 3 aromatic rings. The van der Waals surface area contributed by atoms with E-state index in [0.717, 1.165) is 16.1 Å². The molecule has 0 unspecified atom stereocenters. The van der Waals surface area contributed by atoms with Crippen molar-refractivity contribution in [3.63, 3.8) is 0 Å². The van der Waals surface area contributed by atoms with Crippen molar-refractivity contribution in [3.8, 4) is 21.9 Å². The second-order valence-corrected chi connectivity index (χ2v) is 5.99. The minimum Gasteiger partial charge on any atom is -0.497 e. The minimum atomic E-state index is -0.241. The van der Waals surface area contributed by atoms with Crippen molar-refractivity contribution in [2.75, 3.05) is 19.5 Å². The SMILES string of the molecule is COc1ccc(OC)c(C(=O)Nc2ccccc2-c2cccs2)c1. The number of para-hydroxylation sites is 1. The Kier molecular flexibility index (Phi) is 4.82. The molecule has 0 aliphatic rings. The standard InChI is InChI=1S/C19H17NO3S/c1-22-13-9-10-17(23-2)15(12-13)19(21)20-16-7-4-3-6-14(16)18-8-5-11-24-18/h3-12H,1-2H3,(H,20,21). The first kappa shape index (κ1) is 16.1. The van der Waals surface area contributed by atoms with E-state index >= 15 is 0 Å². The van der Waals surface area contributed by atoms with Crippen LogP contribution in [0.4, 0.5) is 5.69 Å². The molecule has 0 radical (unpaired) electrons. The zero-order valence-electron chi connectivity index (χ0n) is 13.4. The van der Waals surface area contributed by atoms with E-state index in [1.165, 1.54) is 7.11 Å². The van der Waals surface area contributed by atoms with E-state index in [-0.39, 0.29) is 5.91 Å². The van der Waals surface area contributed by atoms with Crippen LogP contribution in [0.2, 0.25) is 0 Å². The molecule has 0 saturated heterocycles. The number of ether oxygens (including phenoxy) is 2. The summed E-state index contributed by atoms with van der Waals surface area (Å²) in [6, 6.07) is 16.9. The lowest BCUT2D eigenvalue weighted by molar-refractivity contribution is 0.102. The summed E-state index contributed by atoms with van der Waals surface area (Å²) in [5.41, 5.74) is 2.18. The van der Waals surface area contributed by atoms with Gasteiger partial charge in [0.25, 0.3) is 5.91 Å². The summed E-state index contributed by atoms with van der Waals surface area (Å²) in [4.78, 5) is 13.8. The van der Waals surface area contributed by atoms with E-state index < -0.39 is 0 Å². The van der Waals surface area contributed by atoms with E-state index in [4.69, 9.17) is 9.47 Å². The second-order valence-electron chi connectivity index (χ2n) is 5.04. The van der Waals surface area contributed by atoms with E-state index in [2.05, 4.69) is 5.32 Å². The lowest BCUT2D eigenvalue weighted by atomic mass is 10.1. The van der Waals surface area contributed by atoms with Gasteiger partial charge in [-0.15, -0.1) is 11.3 Å². The zero-order valence-corrected chi connectivity index (χ0v) is 14.2. The number of thiophene rings is 1. The highest BCUT2D eigenvalue weighted by Gasteiger charge is 2.16. The molecule has 0 atom stereocenters. The highest BCUT2D eigenvalue weighted by Crippen LogP contribution is 2.32. The van der Waals surface area contributed by atoms with Crippen molar-refractivity contribution in [3.05, 3.63) is 65.5 Å². The number of benzene rings is 2. The molecule has 0 aliphatic heterocycles. The number of amides is 1. The molecule has 4 nitrogen and oxygen atoms in total. The first-order valence-corrected chi connectivity index (χ1v) is 8.27. The number of hydrogen-bond donors (Lipinski definition) is 1. The molecule has 2 aromatic carbocycles. The average molecular weight is 339 g/mol. The van der Waals surface area contributed by atoms with Crippen molar-refractivity contribution in [1.82, 2.24) is 0 Å². The van der Waals surface area contributed by atoms with Gasteiger partial charge in [-0.05, 0) is 35.7 Å². The van der Waals surface area contributed by atoms with Gasteiger partial charge in [0.05, 0.1) is 19.8 Å². The fourth-order valence-corrected chi connectivity index (χ4v) is 3.19. The van der Waals surface area contributed by atoms with Crippen molar-refractivity contribution < 1.29 is 14.3 Å². The smallest absolute Gasteiger partial charge is 0.259 e. The van der Waals surface area contributed by atoms with Gasteiger partial charge < -0.3 is 14.8 Å². The first-order valence-electron chi connectivity index (χ1n) is 7.39. The van der Waals surface area contributed by atoms with Crippen LogP contribution < -0.4 is 14.8 Å². The van der Waals surface area contributed by atoms with Crippen molar-refractivity contribution >= 4 is 22.9 Å². The molecule has 122 valence electrons. The topological polar surface area (TPSA) is 47.6 Å². The monoisotopic (exact) mass is 339 g/mol. The predicted octanol–water partition coefficient (Wildman–Crippen LogP) is 4.68. The zero-order chi connectivity index (χ0) is 16.9. The lowest BCUT2D eigenvalue weighted by Gasteiger charge is -2.13. The molecule has 0 saturated carbocycles. The van der Waals surface area contributed by atoms with E-state index in [1.807, 2.05) is 41.8 Å². The molecule has 0 bridgehead atoms. The Balaban J connectivity index is 1.94. The average Bonchev–Trinajstić information content (AvgIpc) is 3.16. The number of nitrogens with one attached hydrogen (secondary N) is 1. The Bertz CT molecular complexity index is 844. The normalized spacial score (nSPS) is 10.2. The molecule has 0 aliphatic carbocycles. The molecule has 1 heterocycles. The summed E-state index contributed by atoms with van der Waals surface area (Å²) >= 11 is 1.63. The van der Waals surface area contributed by atoms with E-state index in [9.17, 15) is 4.79 Å². The van der Waals surface area contributed by atoms with Gasteiger partial charge in [-0.2, -0.15) is 0 Å². The molecule has 1 N–H and O–H groups in total. The summed E-state index contributed by atoms with van der Waals surface area (Å²) in [7, 11) is 3.10. The van der Waals surface area contributed by atoms with Gasteiger partial charge in [-0.1, -0.05) is 24.3 Å². The fourth-order valence-electron chi connectivity index (χ4n) is 2.42. The molecule has 0 spiro atoms. The van der Waals surface area contributed by atoms with Crippen LogP contribution in [-0.2, 0) is 0 Å². The predicted molar refractivity (Wildman–Crippen MR) is 97.3 cm³/mol. The number of methoxy groups -OCH3 is 2. The number of hydrogen-bond acceptors (Lipinski definition) is 4. The van der Waals surface area contributed by atoms with Crippen molar-refractivity contribution in [1.29, 1.82) is 0 Å². The molecule has 3 rings (SSSR count). The Morgan fingerprint density at radius 3 is 2.54 bits per heavy atom. The van der Waals surface area contributed by atoms with Crippen molar-refractivity contribution in [2.45, 2.75) is 0 Å². The molecule has 5 heteroatoms. The van der Waals surface area contributed by atoms with Gasteiger partial charge in [0.1, 0.15) is 11.5 Å². The van der Waals surface area contributed by atoms with E-state index in [1.54, 1.807) is 36.6 Å². The largest absolute Gasteiger partial charge is 0.497 e. The third kappa shape index (κ3) is 3.26. The highest BCUT2D eigenvalue weighted by molar-refractivity contribution is 7.13. The Morgan fingerprint density at radius 1 is 1.00 bits per heavy atom. The molecule has 1 amide bonds. The first-order chi connectivity index (χ1) is 11.7. The quantitative estimate of drug-likeness (QED) is 0.734. The maximum Gasteiger partial charge on any atom is 0.259 e. The van der Waals surface area contributed by atoms with Crippen LogP contribution in [0.15, 0.2) is 60.0 Å². The highest BCUT2D eigenvalue weighted by atomic mass is 32.1. The maximum absolute atomic E-state index is 12.7. The Labute approximate surface area is 144 Å². The van der Waals surface area contributed by atoms with Gasteiger partial charge in [0.15, 0.2) is 0 Å². The van der Waals surface area contributed by atoms with Crippen LogP contribution >= 0.6 is 11.3 Å². The van der Waals surface area contributed by atoms with Gasteiger partial charge in [0, 0.05) is 16.1 Å². The number of carbonyl (C=O) groups is 1. The summed E-state index contributed by atoms with van der Waals surface area (Å²) in [5.74, 6) is 0.865. The maximum atomic E-state index is 12.7. The second kappa shape index (κ2) is 7.19. The van der Waals surface area contributed by atoms with E-state index in [0.29, 0.717) is 17.1 Å². The minimum absolute atomic E-state index is 0.241. The lowest BCUT2D eigenvalue weighted by Crippen LogP contribution is -2.14. The molecule has 1 aromatic heterocycles. The number of anilines is 1. The third-order valence-corrected chi connectivity index (χ3v) is 4.52. The van der Waals surface area contributed by atoms with Crippen LogP contribution in [0.5, 0.6) is 11.5 Å². The van der Waals surface area contributed by atoms with Gasteiger partial charge in [-0.3, -0.25) is 4.79 Å². The van der Waals surface area contributed by atoms with Crippen LogP contribution in [-0.4, -0.2) is 20.1 Å². The van der Waals surface area contributed by atoms with Crippen LogP contribution in [0.25, 0.3) is 10.4 Å². The third-order valence-electron chi connectivity index (χ3n) is 3.61. The number of rotatable bonds is 5. The molecule has 0 fully saturated rings. The molecule has 24 heavy (non-hydrogen) atoms. The molecular weight excluding hydrogens is 322 g/mol. The fraction of sp³-hybridized carbons (Fsp3) is 0.105. The van der Waals surface area contributed by atoms with Crippen LogP contribution in [0, 0.1) is 0 Å². The van der Waals surface area contributed by atoms with Crippen LogP contribution in [0.3, 0.4) is 0 Å². The van der Waals surface area contributed by atoms with Crippen LogP contribution in [0.1, 0.15) is 10.4 Å². The number of carbonyl (C=O) groups excluding carboxylic acids is 1. The summed E-state index contributed by atoms with van der Waals surface area (Å²) < 4.78 is 10.5. The Hall–Kier alpha value is -2.79. The van der Waals surface area contributed by atoms with Gasteiger partial charge in [-0.25, -0.2) is 0 Å². The van der Waals surface area contributed by atoms with Gasteiger partial charge in [0.2, 0.25) is 0 Å². The van der Waals surface area contributed by atoms with Crippen molar-refractivity contribution in [2.24, 2.45) is 0 Å². The molecular formula is C19H17NO3S. The Morgan fingerprint density at radius 2 is 1.83 bits per heavy atom. The summed E-state index contributed by atoms with van der Waals surface area (Å²) in [6.07, 6.45) is 0. The van der Waals surface area contributed by atoms with Gasteiger partial charge >= 0.3 is 0 Å².